The zero-order chi connectivity index (χ0) is 12.4. The molecule has 1 heterocycles. The summed E-state index contributed by atoms with van der Waals surface area (Å²) in [6.45, 7) is 0. The van der Waals surface area contributed by atoms with E-state index in [0.717, 1.165) is 24.8 Å². The second-order valence-corrected chi connectivity index (χ2v) is 4.95. The van der Waals surface area contributed by atoms with Gasteiger partial charge < -0.3 is 10.1 Å². The molecule has 3 rings (SSSR count). The van der Waals surface area contributed by atoms with Crippen LogP contribution >= 0.6 is 0 Å². The van der Waals surface area contributed by atoms with Crippen LogP contribution in [0, 0.1) is 0 Å². The molecule has 2 aliphatic rings. The predicted octanol–water partition coefficient (Wildman–Crippen LogP) is 2.49. The number of morpholine rings is 1. The fraction of sp³-hybridized carbons (Fsp3) is 0.400. The first-order valence-corrected chi connectivity index (χ1v) is 6.57. The Morgan fingerprint density at radius 3 is 2.78 bits per heavy atom. The Hall–Kier alpha value is -1.77. The van der Waals surface area contributed by atoms with Gasteiger partial charge in [0.25, 0.3) is 0 Å². The van der Waals surface area contributed by atoms with Gasteiger partial charge in [0.2, 0.25) is 0 Å². The summed E-state index contributed by atoms with van der Waals surface area (Å²) < 4.78 is 5.51. The van der Waals surface area contributed by atoms with Gasteiger partial charge in [-0.1, -0.05) is 36.8 Å². The monoisotopic (exact) mass is 243 g/mol. The van der Waals surface area contributed by atoms with Crippen LogP contribution in [-0.4, -0.2) is 18.1 Å². The number of rotatable bonds is 1. The van der Waals surface area contributed by atoms with Crippen LogP contribution in [0.5, 0.6) is 0 Å². The lowest BCUT2D eigenvalue weighted by Crippen LogP contribution is -2.50. The fourth-order valence-corrected chi connectivity index (χ4v) is 2.68. The third-order valence-corrected chi connectivity index (χ3v) is 3.63. The number of benzene rings is 1. The minimum absolute atomic E-state index is 0.0687. The summed E-state index contributed by atoms with van der Waals surface area (Å²) in [6, 6.07) is 10.1. The third kappa shape index (κ3) is 2.26. The number of ether oxygens (including phenoxy) is 1. The highest BCUT2D eigenvalue weighted by molar-refractivity contribution is 5.93. The molecule has 1 aromatic rings. The van der Waals surface area contributed by atoms with Gasteiger partial charge in [-0.2, -0.15) is 0 Å². The molecule has 0 aromatic heterocycles. The number of carbonyl (C=O) groups is 1. The predicted molar refractivity (Wildman–Crippen MR) is 69.7 cm³/mol. The van der Waals surface area contributed by atoms with Crippen LogP contribution in [0.3, 0.4) is 0 Å². The summed E-state index contributed by atoms with van der Waals surface area (Å²) in [4.78, 5) is 11.9. The second-order valence-electron chi connectivity index (χ2n) is 4.95. The summed E-state index contributed by atoms with van der Waals surface area (Å²) in [5, 5.41) is 3.34. The number of nitrogens with one attached hydrogen (secondary N) is 1. The highest BCUT2D eigenvalue weighted by Crippen LogP contribution is 2.26. The minimum atomic E-state index is -0.220. The van der Waals surface area contributed by atoms with Gasteiger partial charge >= 0.3 is 5.97 Å². The molecular weight excluding hydrogens is 226 g/mol. The summed E-state index contributed by atoms with van der Waals surface area (Å²) in [5.74, 6) is -0.220. The molecule has 1 aliphatic carbocycles. The van der Waals surface area contributed by atoms with E-state index in [1.54, 1.807) is 0 Å². The molecule has 0 spiro atoms. The Morgan fingerprint density at radius 2 is 1.94 bits per heavy atom. The Bertz CT molecular complexity index is 467. The van der Waals surface area contributed by atoms with Crippen molar-refractivity contribution in [3.05, 3.63) is 41.6 Å². The molecule has 3 nitrogen and oxygen atoms in total. The highest BCUT2D eigenvalue weighted by Gasteiger charge is 2.34. The third-order valence-electron chi connectivity index (χ3n) is 3.63. The molecule has 3 heteroatoms. The smallest absolute Gasteiger partial charge is 0.354 e. The van der Waals surface area contributed by atoms with Crippen LogP contribution < -0.4 is 5.32 Å². The van der Waals surface area contributed by atoms with Crippen LogP contribution in [0.15, 0.2) is 36.0 Å². The number of esters is 1. The van der Waals surface area contributed by atoms with E-state index in [-0.39, 0.29) is 12.1 Å². The van der Waals surface area contributed by atoms with Crippen LogP contribution in [0.25, 0.3) is 6.08 Å². The SMILES string of the molecule is O=C1OC2CCCCC2N/C1=C\c1ccccc1. The Labute approximate surface area is 107 Å². The summed E-state index contributed by atoms with van der Waals surface area (Å²) >= 11 is 0. The molecule has 94 valence electrons. The van der Waals surface area contributed by atoms with Gasteiger partial charge in [0, 0.05) is 0 Å². The normalized spacial score (nSPS) is 29.3. The van der Waals surface area contributed by atoms with E-state index in [2.05, 4.69) is 5.32 Å². The number of hydrogen-bond donors (Lipinski definition) is 1. The maximum Gasteiger partial charge on any atom is 0.354 e. The van der Waals surface area contributed by atoms with E-state index >= 15 is 0 Å². The molecule has 18 heavy (non-hydrogen) atoms. The van der Waals surface area contributed by atoms with Crippen molar-refractivity contribution in [2.45, 2.75) is 37.8 Å². The van der Waals surface area contributed by atoms with Crippen molar-refractivity contribution in [1.82, 2.24) is 5.32 Å². The van der Waals surface area contributed by atoms with Gasteiger partial charge in [-0.05, 0) is 30.9 Å². The van der Waals surface area contributed by atoms with Crippen molar-refractivity contribution in [2.75, 3.05) is 0 Å². The molecule has 1 saturated carbocycles. The lowest BCUT2D eigenvalue weighted by molar-refractivity contribution is -0.151. The molecule has 1 saturated heterocycles. The molecule has 1 aliphatic heterocycles. The first-order chi connectivity index (χ1) is 8.83. The van der Waals surface area contributed by atoms with Gasteiger partial charge in [0.05, 0.1) is 6.04 Å². The van der Waals surface area contributed by atoms with Crippen LogP contribution in [0.1, 0.15) is 31.2 Å². The van der Waals surface area contributed by atoms with Crippen molar-refractivity contribution in [1.29, 1.82) is 0 Å². The van der Waals surface area contributed by atoms with Gasteiger partial charge in [-0.25, -0.2) is 4.79 Å². The first kappa shape index (κ1) is 11.3. The quantitative estimate of drug-likeness (QED) is 0.608. The number of carbonyl (C=O) groups excluding carboxylic acids is 1. The van der Waals surface area contributed by atoms with E-state index in [1.807, 2.05) is 36.4 Å². The van der Waals surface area contributed by atoms with Gasteiger partial charge in [0.15, 0.2) is 0 Å². The van der Waals surface area contributed by atoms with Crippen LogP contribution in [0.2, 0.25) is 0 Å². The zero-order valence-electron chi connectivity index (χ0n) is 10.3. The van der Waals surface area contributed by atoms with E-state index in [9.17, 15) is 4.79 Å². The van der Waals surface area contributed by atoms with Gasteiger partial charge in [-0.3, -0.25) is 0 Å². The summed E-state index contributed by atoms with van der Waals surface area (Å²) in [7, 11) is 0. The molecule has 0 bridgehead atoms. The Morgan fingerprint density at radius 1 is 1.17 bits per heavy atom. The van der Waals surface area contributed by atoms with Crippen molar-refractivity contribution < 1.29 is 9.53 Å². The lowest BCUT2D eigenvalue weighted by atomic mass is 9.91. The van der Waals surface area contributed by atoms with Crippen LogP contribution in [-0.2, 0) is 9.53 Å². The molecule has 2 atom stereocenters. The average molecular weight is 243 g/mol. The topological polar surface area (TPSA) is 38.3 Å². The molecule has 0 amide bonds. The largest absolute Gasteiger partial charge is 0.456 e. The minimum Gasteiger partial charge on any atom is -0.456 e. The summed E-state index contributed by atoms with van der Waals surface area (Å²) in [6.07, 6.45) is 6.39. The molecule has 1 aromatic carbocycles. The van der Waals surface area contributed by atoms with Crippen molar-refractivity contribution in [3.63, 3.8) is 0 Å². The van der Waals surface area contributed by atoms with Crippen molar-refractivity contribution in [2.24, 2.45) is 0 Å². The van der Waals surface area contributed by atoms with E-state index < -0.39 is 0 Å². The first-order valence-electron chi connectivity index (χ1n) is 6.57. The zero-order valence-corrected chi connectivity index (χ0v) is 10.3. The number of hydrogen-bond acceptors (Lipinski definition) is 3. The van der Waals surface area contributed by atoms with E-state index in [0.29, 0.717) is 11.7 Å². The molecular formula is C15H17NO2. The van der Waals surface area contributed by atoms with Crippen molar-refractivity contribution in [3.8, 4) is 0 Å². The maximum absolute atomic E-state index is 11.9. The Balaban J connectivity index is 1.80. The maximum atomic E-state index is 11.9. The molecule has 2 fully saturated rings. The van der Waals surface area contributed by atoms with Gasteiger partial charge in [0.1, 0.15) is 11.8 Å². The lowest BCUT2D eigenvalue weighted by Gasteiger charge is -2.37. The van der Waals surface area contributed by atoms with Crippen LogP contribution in [0.4, 0.5) is 0 Å². The molecule has 2 unspecified atom stereocenters. The van der Waals surface area contributed by atoms with Gasteiger partial charge in [-0.15, -0.1) is 0 Å². The fourth-order valence-electron chi connectivity index (χ4n) is 2.68. The molecule has 0 radical (unpaired) electrons. The standard InChI is InChI=1S/C15H17NO2/c17-15-13(10-11-6-2-1-3-7-11)16-12-8-4-5-9-14(12)18-15/h1-3,6-7,10,12,14,16H,4-5,8-9H2/b13-10-. The highest BCUT2D eigenvalue weighted by atomic mass is 16.5. The molecule has 1 N–H and O–H groups in total. The van der Waals surface area contributed by atoms with E-state index in [4.69, 9.17) is 4.74 Å². The van der Waals surface area contributed by atoms with Crippen molar-refractivity contribution >= 4 is 12.0 Å². The average Bonchev–Trinajstić information content (AvgIpc) is 2.41. The summed E-state index contributed by atoms with van der Waals surface area (Å²) in [5.41, 5.74) is 1.61. The number of fused-ring (bicyclic) bond motifs is 1. The second kappa shape index (κ2) is 4.84. The Kier molecular flexibility index (Phi) is 3.05. The van der Waals surface area contributed by atoms with E-state index in [1.165, 1.54) is 6.42 Å².